The van der Waals surface area contributed by atoms with Crippen LogP contribution >= 0.6 is 0 Å². The van der Waals surface area contributed by atoms with Crippen LogP contribution in [0.5, 0.6) is 0 Å². The summed E-state index contributed by atoms with van der Waals surface area (Å²) >= 11 is 0. The molecule has 1 radical (unpaired) electrons. The van der Waals surface area contributed by atoms with Crippen molar-refractivity contribution in [3.8, 4) is 0 Å². The molecule has 0 saturated carbocycles. The first-order valence-corrected chi connectivity index (χ1v) is 0.428. The van der Waals surface area contributed by atoms with Gasteiger partial charge in [0.25, 0.3) is 0 Å². The van der Waals surface area contributed by atoms with E-state index in [1.165, 1.54) is 0 Å². The summed E-state index contributed by atoms with van der Waals surface area (Å²) in [4.78, 5) is 8.24. The molecule has 5 heavy (non-hydrogen) atoms. The monoisotopic (exact) mass is 149 g/mol. The Morgan fingerprint density at radius 3 is 1.60 bits per heavy atom. The number of hydrogen-bond acceptors (Lipinski definition) is 1. The molecule has 0 heterocycles. The Hall–Kier alpha value is 0.574. The molecule has 3 heteroatoms. The molecule has 1 N–H and O–H groups in total. The third kappa shape index (κ3) is 92.0. The van der Waals surface area contributed by atoms with E-state index in [0.29, 0.717) is 6.47 Å². The molecule has 0 rings (SSSR count). The largest absolute Gasteiger partial charge is 0.665 e. The molecule has 0 aliphatic rings. The molecular formula is C2H4O2Y-2. The molecule has 0 aromatic heterocycles. The first kappa shape index (κ1) is 17.6. The zero-order chi connectivity index (χ0) is 2.71. The van der Waals surface area contributed by atoms with E-state index in [-0.39, 0.29) is 40.1 Å². The van der Waals surface area contributed by atoms with E-state index in [2.05, 4.69) is 0 Å². The van der Waals surface area contributed by atoms with E-state index >= 15 is 0 Å². The van der Waals surface area contributed by atoms with Gasteiger partial charge in [-0.3, -0.25) is 0 Å². The van der Waals surface area contributed by atoms with E-state index in [1.54, 1.807) is 0 Å². The maximum absolute atomic E-state index is 8.24. The van der Waals surface area contributed by atoms with E-state index in [9.17, 15) is 0 Å². The van der Waals surface area contributed by atoms with Crippen LogP contribution in [0.4, 0.5) is 0 Å². The van der Waals surface area contributed by atoms with Crippen molar-refractivity contribution in [1.29, 1.82) is 0 Å². The molecular weight excluding hydrogens is 145 g/mol. The van der Waals surface area contributed by atoms with Gasteiger partial charge >= 0.3 is 0 Å². The Morgan fingerprint density at radius 2 is 1.60 bits per heavy atom. The van der Waals surface area contributed by atoms with Gasteiger partial charge in [0.15, 0.2) is 0 Å². The van der Waals surface area contributed by atoms with Crippen LogP contribution in [-0.4, -0.2) is 11.6 Å². The molecule has 0 spiro atoms. The second-order valence-electron chi connectivity index (χ2n) is 0.0913. The van der Waals surface area contributed by atoms with Crippen molar-refractivity contribution in [3.05, 3.63) is 7.43 Å². The molecule has 29 valence electrons. The van der Waals surface area contributed by atoms with E-state index in [4.69, 9.17) is 9.90 Å². The van der Waals surface area contributed by atoms with Crippen molar-refractivity contribution in [3.63, 3.8) is 0 Å². The van der Waals surface area contributed by atoms with E-state index in [1.807, 2.05) is 0 Å². The van der Waals surface area contributed by atoms with Crippen LogP contribution in [0.25, 0.3) is 0 Å². The molecule has 2 nitrogen and oxygen atoms in total. The summed E-state index contributed by atoms with van der Waals surface area (Å²) in [5, 5.41) is 6.76. The Morgan fingerprint density at radius 1 is 1.60 bits per heavy atom. The predicted octanol–water partition coefficient (Wildman–Crippen LogP) is 0.0594. The first-order chi connectivity index (χ1) is 1.41. The Bertz CT molecular complexity index is 15.1. The fourth-order valence-electron chi connectivity index (χ4n) is 0. The van der Waals surface area contributed by atoms with Crippen molar-refractivity contribution < 1.29 is 42.6 Å². The summed E-state index contributed by atoms with van der Waals surface area (Å²) < 4.78 is 0. The molecule has 0 aromatic carbocycles. The van der Waals surface area contributed by atoms with Gasteiger partial charge in [-0.25, -0.2) is 0 Å². The van der Waals surface area contributed by atoms with Crippen LogP contribution in [0.15, 0.2) is 0 Å². The van der Waals surface area contributed by atoms with Gasteiger partial charge in [0, 0.05) is 32.7 Å². The summed E-state index contributed by atoms with van der Waals surface area (Å²) in [7, 11) is 0. The van der Waals surface area contributed by atoms with Gasteiger partial charge in [0.05, 0.1) is 0 Å². The minimum atomic E-state index is 0. The van der Waals surface area contributed by atoms with Crippen LogP contribution in [0.3, 0.4) is 0 Å². The maximum atomic E-state index is 8.24. The van der Waals surface area contributed by atoms with Gasteiger partial charge in [-0.15, -0.1) is 0 Å². The molecule has 0 atom stereocenters. The number of rotatable bonds is 0. The van der Waals surface area contributed by atoms with Crippen LogP contribution < -0.4 is 0 Å². The molecule has 0 amide bonds. The molecule has 0 aliphatic carbocycles. The summed E-state index contributed by atoms with van der Waals surface area (Å²) in [5.41, 5.74) is 0. The van der Waals surface area contributed by atoms with Crippen LogP contribution in [0, 0.1) is 7.43 Å². The SMILES string of the molecule is O=[C-]O.[CH3-].[Y]. The Kier molecular flexibility index (Phi) is 83.0. The maximum Gasteiger partial charge on any atom is 0 e. The molecule has 0 saturated heterocycles. The second-order valence-corrected chi connectivity index (χ2v) is 0.0913. The van der Waals surface area contributed by atoms with Crippen molar-refractivity contribution >= 4 is 6.47 Å². The van der Waals surface area contributed by atoms with Crippen molar-refractivity contribution in [2.45, 2.75) is 0 Å². The zero-order valence-electron chi connectivity index (χ0n) is 2.93. The smallest absolute Gasteiger partial charge is 0 e. The average Bonchev–Trinajstić information content (AvgIpc) is 0.918. The Labute approximate surface area is 56.4 Å². The van der Waals surface area contributed by atoms with E-state index < -0.39 is 0 Å². The third-order valence-electron chi connectivity index (χ3n) is 0. The fourth-order valence-corrected chi connectivity index (χ4v) is 0. The quantitative estimate of drug-likeness (QED) is 0.494. The summed E-state index contributed by atoms with van der Waals surface area (Å²) in [6.07, 6.45) is 0. The standard InChI is InChI=1S/CHO2.CH3.Y/c2-1-3;;/h(H,2,3);1H3;/q2*-1;. The summed E-state index contributed by atoms with van der Waals surface area (Å²) in [5.74, 6) is 0. The van der Waals surface area contributed by atoms with Crippen molar-refractivity contribution in [2.75, 3.05) is 0 Å². The first-order valence-electron chi connectivity index (χ1n) is 0.428. The van der Waals surface area contributed by atoms with Crippen LogP contribution in [-0.2, 0) is 37.5 Å². The minimum Gasteiger partial charge on any atom is -0.665 e. The second kappa shape index (κ2) is 23.6. The Balaban J connectivity index is -0.0000000200. The summed E-state index contributed by atoms with van der Waals surface area (Å²) in [6, 6.07) is 0. The normalized spacial score (nSPS) is 2.40. The number of aliphatic hydroxyl groups excluding tert-OH is 1. The van der Waals surface area contributed by atoms with Gasteiger partial charge in [0.2, 0.25) is 0 Å². The van der Waals surface area contributed by atoms with Crippen LogP contribution in [0.2, 0.25) is 0 Å². The summed E-state index contributed by atoms with van der Waals surface area (Å²) in [6.45, 7) is 0.500. The van der Waals surface area contributed by atoms with Gasteiger partial charge in [-0.2, -0.15) is 0 Å². The van der Waals surface area contributed by atoms with Crippen LogP contribution in [0.1, 0.15) is 0 Å². The average molecular weight is 149 g/mol. The molecule has 0 bridgehead atoms. The molecule has 0 aromatic rings. The topological polar surface area (TPSA) is 37.3 Å². The van der Waals surface area contributed by atoms with Gasteiger partial charge in [-0.05, 0) is 0 Å². The third-order valence-corrected chi connectivity index (χ3v) is 0. The van der Waals surface area contributed by atoms with Gasteiger partial charge in [0.1, 0.15) is 0 Å². The minimum absolute atomic E-state index is 0. The molecule has 0 fully saturated rings. The zero-order valence-corrected chi connectivity index (χ0v) is 5.77. The van der Waals surface area contributed by atoms with Crippen molar-refractivity contribution in [2.24, 2.45) is 0 Å². The molecule has 0 unspecified atom stereocenters. The number of hydrogen-bond donors (Lipinski definition) is 1. The molecule has 0 aliphatic heterocycles. The predicted molar refractivity (Wildman–Crippen MR) is 14.7 cm³/mol. The fraction of sp³-hybridized carbons (Fsp3) is 0. The van der Waals surface area contributed by atoms with Gasteiger partial charge in [-0.1, -0.05) is 6.47 Å². The van der Waals surface area contributed by atoms with Crippen molar-refractivity contribution in [1.82, 2.24) is 0 Å². The van der Waals surface area contributed by atoms with E-state index in [0.717, 1.165) is 0 Å². The van der Waals surface area contributed by atoms with Gasteiger partial charge < -0.3 is 17.3 Å².